The van der Waals surface area contributed by atoms with E-state index in [4.69, 9.17) is 0 Å². The normalized spacial score (nSPS) is 10.3. The van der Waals surface area contributed by atoms with Crippen molar-refractivity contribution in [3.8, 4) is 0 Å². The van der Waals surface area contributed by atoms with E-state index < -0.39 is 10.7 Å². The summed E-state index contributed by atoms with van der Waals surface area (Å²) in [4.78, 5) is 18.7. The van der Waals surface area contributed by atoms with Gasteiger partial charge in [0, 0.05) is 4.47 Å². The van der Waals surface area contributed by atoms with Crippen LogP contribution in [0.1, 0.15) is 0 Å². The second kappa shape index (κ2) is 7.22. The predicted molar refractivity (Wildman–Crippen MR) is 95.8 cm³/mol. The second-order valence-electron chi connectivity index (χ2n) is 4.89. The highest BCUT2D eigenvalue weighted by molar-refractivity contribution is 9.10. The van der Waals surface area contributed by atoms with Crippen molar-refractivity contribution in [1.82, 2.24) is 9.97 Å². The first-order chi connectivity index (χ1) is 12.1. The summed E-state index contributed by atoms with van der Waals surface area (Å²) in [5.74, 6) is -0.666. The molecule has 0 radical (unpaired) electrons. The molecule has 3 aromatic rings. The van der Waals surface area contributed by atoms with E-state index in [-0.39, 0.29) is 23.0 Å². The first-order valence-electron chi connectivity index (χ1n) is 7.09. The van der Waals surface area contributed by atoms with Crippen molar-refractivity contribution in [3.05, 3.63) is 75.3 Å². The molecule has 0 spiro atoms. The van der Waals surface area contributed by atoms with Crippen molar-refractivity contribution in [3.63, 3.8) is 0 Å². The van der Waals surface area contributed by atoms with Crippen LogP contribution in [0.25, 0.3) is 0 Å². The molecule has 0 aliphatic heterocycles. The first-order valence-corrected chi connectivity index (χ1v) is 7.88. The van der Waals surface area contributed by atoms with Crippen molar-refractivity contribution >= 4 is 44.6 Å². The molecule has 0 unspecified atom stereocenters. The molecule has 1 heterocycles. The minimum atomic E-state index is -0.623. The van der Waals surface area contributed by atoms with Gasteiger partial charge < -0.3 is 10.6 Å². The zero-order valence-corrected chi connectivity index (χ0v) is 14.2. The van der Waals surface area contributed by atoms with Crippen molar-refractivity contribution in [2.75, 3.05) is 10.6 Å². The lowest BCUT2D eigenvalue weighted by Gasteiger charge is -2.11. The van der Waals surface area contributed by atoms with E-state index in [2.05, 4.69) is 36.5 Å². The van der Waals surface area contributed by atoms with Crippen molar-refractivity contribution in [1.29, 1.82) is 0 Å². The third-order valence-corrected chi connectivity index (χ3v) is 3.95. The Balaban J connectivity index is 2.02. The van der Waals surface area contributed by atoms with Gasteiger partial charge in [-0.15, -0.1) is 0 Å². The summed E-state index contributed by atoms with van der Waals surface area (Å²) < 4.78 is 14.5. The highest BCUT2D eigenvalue weighted by atomic mass is 79.9. The third kappa shape index (κ3) is 3.72. The van der Waals surface area contributed by atoms with Crippen LogP contribution in [-0.2, 0) is 0 Å². The molecule has 25 heavy (non-hydrogen) atoms. The van der Waals surface area contributed by atoms with Gasteiger partial charge in [0.25, 0.3) is 0 Å². The van der Waals surface area contributed by atoms with E-state index in [1.165, 1.54) is 18.2 Å². The van der Waals surface area contributed by atoms with Crippen LogP contribution >= 0.6 is 15.9 Å². The molecule has 0 saturated carbocycles. The highest BCUT2D eigenvalue weighted by Gasteiger charge is 2.24. The fraction of sp³-hybridized carbons (Fsp3) is 0. The molecule has 0 saturated heterocycles. The number of halogens is 2. The van der Waals surface area contributed by atoms with E-state index in [9.17, 15) is 14.5 Å². The van der Waals surface area contributed by atoms with E-state index in [0.717, 1.165) is 6.33 Å². The lowest BCUT2D eigenvalue weighted by molar-refractivity contribution is -0.383. The number of hydrogen-bond donors (Lipinski definition) is 2. The number of benzene rings is 2. The highest BCUT2D eigenvalue weighted by Crippen LogP contribution is 2.34. The van der Waals surface area contributed by atoms with Crippen LogP contribution in [0, 0.1) is 15.9 Å². The smallest absolute Gasteiger partial charge is 0.333 e. The van der Waals surface area contributed by atoms with Crippen LogP contribution in [0.4, 0.5) is 33.1 Å². The molecular formula is C16H11BrFN5O2. The van der Waals surface area contributed by atoms with Crippen molar-refractivity contribution in [2.24, 2.45) is 0 Å². The Kier molecular flexibility index (Phi) is 4.85. The minimum absolute atomic E-state index is 0.00857. The van der Waals surface area contributed by atoms with Crippen LogP contribution in [0.2, 0.25) is 0 Å². The molecule has 0 fully saturated rings. The summed E-state index contributed by atoms with van der Waals surface area (Å²) in [5, 5.41) is 17.1. The fourth-order valence-electron chi connectivity index (χ4n) is 2.11. The molecule has 2 N–H and O–H groups in total. The largest absolute Gasteiger partial charge is 0.353 e. The van der Waals surface area contributed by atoms with E-state index >= 15 is 0 Å². The van der Waals surface area contributed by atoms with Gasteiger partial charge in [-0.25, -0.2) is 14.4 Å². The van der Waals surface area contributed by atoms with Crippen LogP contribution in [0.5, 0.6) is 0 Å². The molecule has 0 aliphatic carbocycles. The standard InChI is InChI=1S/C16H11BrFN5O2/c17-10-5-1-3-7-12(10)21-15-14(23(24)25)16(20-9-19-15)22-13-8-4-2-6-11(13)18/h1-9H,(H2,19,20,21,22). The molecule has 0 bridgehead atoms. The van der Waals surface area contributed by atoms with Gasteiger partial charge in [-0.2, -0.15) is 0 Å². The molecule has 0 aliphatic rings. The van der Waals surface area contributed by atoms with Crippen molar-refractivity contribution in [2.45, 2.75) is 0 Å². The van der Waals surface area contributed by atoms with Gasteiger partial charge in [-0.3, -0.25) is 10.1 Å². The molecule has 0 amide bonds. The molecule has 3 rings (SSSR count). The number of aromatic nitrogens is 2. The molecule has 9 heteroatoms. The Morgan fingerprint density at radius 2 is 1.52 bits per heavy atom. The topological polar surface area (TPSA) is 93.0 Å². The zero-order chi connectivity index (χ0) is 17.8. The van der Waals surface area contributed by atoms with Gasteiger partial charge in [-0.05, 0) is 40.2 Å². The SMILES string of the molecule is O=[N+]([O-])c1c(Nc2ccccc2F)ncnc1Nc1ccccc1Br. The summed E-state index contributed by atoms with van der Waals surface area (Å²) in [5.41, 5.74) is 0.291. The maximum Gasteiger partial charge on any atom is 0.353 e. The Morgan fingerprint density at radius 3 is 2.12 bits per heavy atom. The Hall–Kier alpha value is -3.07. The van der Waals surface area contributed by atoms with Crippen LogP contribution in [0.15, 0.2) is 59.3 Å². The average Bonchev–Trinajstić information content (AvgIpc) is 2.59. The van der Waals surface area contributed by atoms with E-state index in [0.29, 0.717) is 10.2 Å². The summed E-state index contributed by atoms with van der Waals surface area (Å²) in [7, 11) is 0. The summed E-state index contributed by atoms with van der Waals surface area (Å²) in [6, 6.07) is 13.0. The number of nitrogens with one attached hydrogen (secondary N) is 2. The van der Waals surface area contributed by atoms with E-state index in [1.807, 2.05) is 6.07 Å². The van der Waals surface area contributed by atoms with Gasteiger partial charge in [0.2, 0.25) is 11.6 Å². The zero-order valence-electron chi connectivity index (χ0n) is 12.6. The van der Waals surface area contributed by atoms with Gasteiger partial charge in [-0.1, -0.05) is 24.3 Å². The minimum Gasteiger partial charge on any atom is -0.333 e. The average molecular weight is 404 g/mol. The molecule has 7 nitrogen and oxygen atoms in total. The van der Waals surface area contributed by atoms with Crippen LogP contribution in [0.3, 0.4) is 0 Å². The molecule has 0 atom stereocenters. The Bertz CT molecular complexity index is 872. The molecule has 126 valence electrons. The monoisotopic (exact) mass is 403 g/mol. The number of hydrogen-bond acceptors (Lipinski definition) is 6. The van der Waals surface area contributed by atoms with Crippen LogP contribution < -0.4 is 10.6 Å². The lowest BCUT2D eigenvalue weighted by atomic mass is 10.3. The third-order valence-electron chi connectivity index (χ3n) is 3.26. The van der Waals surface area contributed by atoms with Gasteiger partial charge in [0.15, 0.2) is 0 Å². The Labute approximate surface area is 150 Å². The summed E-state index contributed by atoms with van der Waals surface area (Å²) in [6.07, 6.45) is 1.16. The number of nitro groups is 1. The fourth-order valence-corrected chi connectivity index (χ4v) is 2.50. The number of rotatable bonds is 5. The first kappa shape index (κ1) is 16.8. The number of nitrogens with zero attached hydrogens (tertiary/aromatic N) is 3. The second-order valence-corrected chi connectivity index (χ2v) is 5.74. The van der Waals surface area contributed by atoms with Gasteiger partial charge in [0.1, 0.15) is 12.1 Å². The predicted octanol–water partition coefficient (Wildman–Crippen LogP) is 4.77. The maximum atomic E-state index is 13.8. The Morgan fingerprint density at radius 1 is 0.960 bits per heavy atom. The van der Waals surface area contributed by atoms with Crippen LogP contribution in [-0.4, -0.2) is 14.9 Å². The molecule has 1 aromatic heterocycles. The van der Waals surface area contributed by atoms with Gasteiger partial charge >= 0.3 is 5.69 Å². The maximum absolute atomic E-state index is 13.8. The number of para-hydroxylation sites is 2. The van der Waals surface area contributed by atoms with E-state index in [1.54, 1.807) is 24.3 Å². The van der Waals surface area contributed by atoms with Gasteiger partial charge in [0.05, 0.1) is 16.3 Å². The van der Waals surface area contributed by atoms with Crippen molar-refractivity contribution < 1.29 is 9.31 Å². The molecular weight excluding hydrogens is 393 g/mol. The summed E-state index contributed by atoms with van der Waals surface area (Å²) >= 11 is 3.36. The molecule has 2 aromatic carbocycles. The summed E-state index contributed by atoms with van der Waals surface area (Å²) in [6.45, 7) is 0. The lowest BCUT2D eigenvalue weighted by Crippen LogP contribution is -2.06. The number of anilines is 4. The quantitative estimate of drug-likeness (QED) is 0.470.